The Morgan fingerprint density at radius 1 is 1.07 bits per heavy atom. The molecule has 0 saturated carbocycles. The van der Waals surface area contributed by atoms with E-state index in [4.69, 9.17) is 0 Å². The van der Waals surface area contributed by atoms with Crippen molar-refractivity contribution >= 4 is 17.6 Å². The van der Waals surface area contributed by atoms with Gasteiger partial charge in [-0.2, -0.15) is 13.2 Å². The first kappa shape index (κ1) is 21.3. The molecule has 1 aromatic heterocycles. The molecule has 3 N–H and O–H groups in total. The van der Waals surface area contributed by atoms with Crippen LogP contribution in [0.2, 0.25) is 0 Å². The standard InChI is InChI=1S/C18H16F4N4O4/c1-16(2,3)13(28)25-17(18(20,21)22)10-11(23-14(17)29)26(15(30)24-12(10)27)9-6-4-8(19)5-7-9/h4-7H,1-3H3,(H,23,29)(H,25,28)(H,24,27,30). The molecule has 1 aromatic carbocycles. The van der Waals surface area contributed by atoms with E-state index in [0.717, 1.165) is 24.3 Å². The molecule has 1 aliphatic rings. The SMILES string of the molecule is CC(C)(C)C(=O)NC1(C(F)(F)F)C(=O)Nc2c1c(=O)[nH]c(=O)n2-c1ccc(F)cc1. The molecule has 30 heavy (non-hydrogen) atoms. The third kappa shape index (κ3) is 3.08. The maximum absolute atomic E-state index is 14.2. The molecule has 2 heterocycles. The number of amides is 2. The largest absolute Gasteiger partial charge is 0.425 e. The number of hydrogen-bond donors (Lipinski definition) is 3. The van der Waals surface area contributed by atoms with E-state index in [1.165, 1.54) is 20.8 Å². The van der Waals surface area contributed by atoms with Gasteiger partial charge in [0.15, 0.2) is 0 Å². The predicted molar refractivity (Wildman–Crippen MR) is 96.6 cm³/mol. The summed E-state index contributed by atoms with van der Waals surface area (Å²) in [6.07, 6.45) is -5.43. The first-order valence-corrected chi connectivity index (χ1v) is 8.56. The second kappa shape index (κ2) is 6.54. The quantitative estimate of drug-likeness (QED) is 0.630. The Hall–Kier alpha value is -3.44. The van der Waals surface area contributed by atoms with Gasteiger partial charge < -0.3 is 10.6 Å². The van der Waals surface area contributed by atoms with Gasteiger partial charge in [-0.15, -0.1) is 0 Å². The zero-order valence-electron chi connectivity index (χ0n) is 15.9. The van der Waals surface area contributed by atoms with Crippen LogP contribution >= 0.6 is 0 Å². The van der Waals surface area contributed by atoms with Gasteiger partial charge in [-0.3, -0.25) is 19.4 Å². The lowest BCUT2D eigenvalue weighted by Gasteiger charge is -2.32. The number of aromatic nitrogens is 2. The van der Waals surface area contributed by atoms with E-state index in [1.807, 2.05) is 5.32 Å². The van der Waals surface area contributed by atoms with E-state index < -0.39 is 57.4 Å². The number of carbonyl (C=O) groups excluding carboxylic acids is 2. The predicted octanol–water partition coefficient (Wildman–Crippen LogP) is 1.54. The van der Waals surface area contributed by atoms with Crippen molar-refractivity contribution in [3.8, 4) is 5.69 Å². The van der Waals surface area contributed by atoms with Crippen LogP contribution in [0.3, 0.4) is 0 Å². The lowest BCUT2D eigenvalue weighted by atomic mass is 9.88. The van der Waals surface area contributed by atoms with Crippen LogP contribution in [0.15, 0.2) is 33.9 Å². The Balaban J connectivity index is 2.37. The average molecular weight is 428 g/mol. The highest BCUT2D eigenvalue weighted by molar-refractivity contribution is 6.08. The molecule has 1 aliphatic heterocycles. The number of rotatable bonds is 2. The maximum Gasteiger partial charge on any atom is 0.425 e. The maximum atomic E-state index is 14.2. The zero-order chi connectivity index (χ0) is 22.6. The molecule has 160 valence electrons. The zero-order valence-corrected chi connectivity index (χ0v) is 15.9. The second-order valence-electron chi connectivity index (χ2n) is 7.70. The van der Waals surface area contributed by atoms with E-state index in [1.54, 1.807) is 10.3 Å². The van der Waals surface area contributed by atoms with Crippen molar-refractivity contribution in [3.05, 3.63) is 56.5 Å². The minimum atomic E-state index is -5.43. The molecule has 1 atom stereocenters. The van der Waals surface area contributed by atoms with Crippen LogP contribution in [0.4, 0.5) is 23.4 Å². The molecule has 3 rings (SSSR count). The number of anilines is 1. The summed E-state index contributed by atoms with van der Waals surface area (Å²) < 4.78 is 56.4. The first-order chi connectivity index (χ1) is 13.7. The van der Waals surface area contributed by atoms with Gasteiger partial charge in [-0.25, -0.2) is 13.8 Å². The summed E-state index contributed by atoms with van der Waals surface area (Å²) in [6.45, 7) is 3.97. The molecule has 8 nitrogen and oxygen atoms in total. The van der Waals surface area contributed by atoms with Gasteiger partial charge >= 0.3 is 11.9 Å². The number of aromatic amines is 1. The van der Waals surface area contributed by atoms with Crippen LogP contribution in [-0.4, -0.2) is 27.5 Å². The monoisotopic (exact) mass is 428 g/mol. The summed E-state index contributed by atoms with van der Waals surface area (Å²) in [4.78, 5) is 51.5. The Morgan fingerprint density at radius 2 is 1.63 bits per heavy atom. The number of hydrogen-bond acceptors (Lipinski definition) is 4. The van der Waals surface area contributed by atoms with Crippen molar-refractivity contribution in [1.82, 2.24) is 14.9 Å². The van der Waals surface area contributed by atoms with Gasteiger partial charge in [-0.1, -0.05) is 20.8 Å². The van der Waals surface area contributed by atoms with E-state index >= 15 is 0 Å². The average Bonchev–Trinajstić information content (AvgIpc) is 2.89. The van der Waals surface area contributed by atoms with Gasteiger partial charge in [0.25, 0.3) is 11.5 Å². The molecule has 0 fully saturated rings. The van der Waals surface area contributed by atoms with E-state index in [9.17, 15) is 36.7 Å². The molecule has 0 aliphatic carbocycles. The summed E-state index contributed by atoms with van der Waals surface area (Å²) >= 11 is 0. The third-order valence-corrected chi connectivity index (χ3v) is 4.55. The van der Waals surface area contributed by atoms with Crippen LogP contribution in [0, 0.1) is 11.2 Å². The third-order valence-electron chi connectivity index (χ3n) is 4.55. The van der Waals surface area contributed by atoms with Crippen molar-refractivity contribution in [3.63, 3.8) is 0 Å². The molecular formula is C18H16F4N4O4. The minimum absolute atomic E-state index is 0.116. The fraction of sp³-hybridized carbons (Fsp3) is 0.333. The number of halogens is 4. The number of fused-ring (bicyclic) bond motifs is 1. The van der Waals surface area contributed by atoms with Crippen molar-refractivity contribution in [1.29, 1.82) is 0 Å². The van der Waals surface area contributed by atoms with Crippen LogP contribution in [0.25, 0.3) is 5.69 Å². The van der Waals surface area contributed by atoms with Gasteiger partial charge in [0, 0.05) is 5.41 Å². The summed E-state index contributed by atoms with van der Waals surface area (Å²) in [5, 5.41) is 3.55. The number of carbonyl (C=O) groups is 2. The van der Waals surface area contributed by atoms with Crippen LogP contribution in [0.5, 0.6) is 0 Å². The molecule has 0 bridgehead atoms. The number of H-pyrrole nitrogens is 1. The van der Waals surface area contributed by atoms with Gasteiger partial charge in [-0.05, 0) is 24.3 Å². The Bertz CT molecular complexity index is 1160. The molecule has 2 amide bonds. The normalized spacial score (nSPS) is 18.7. The van der Waals surface area contributed by atoms with Crippen molar-refractivity contribution in [2.75, 3.05) is 5.32 Å². The second-order valence-corrected chi connectivity index (χ2v) is 7.70. The van der Waals surface area contributed by atoms with E-state index in [2.05, 4.69) is 0 Å². The van der Waals surface area contributed by atoms with E-state index in [0.29, 0.717) is 4.57 Å². The number of benzene rings is 1. The number of alkyl halides is 3. The molecule has 0 saturated heterocycles. The Morgan fingerprint density at radius 3 is 2.13 bits per heavy atom. The summed E-state index contributed by atoms with van der Waals surface area (Å²) in [5.41, 5.74) is -9.03. The van der Waals surface area contributed by atoms with Gasteiger partial charge in [0.05, 0.1) is 5.69 Å². The fourth-order valence-electron chi connectivity index (χ4n) is 2.97. The highest BCUT2D eigenvalue weighted by Gasteiger charge is 2.68. The highest BCUT2D eigenvalue weighted by atomic mass is 19.4. The molecule has 12 heteroatoms. The number of nitrogens with zero attached hydrogens (tertiary/aromatic N) is 1. The molecule has 0 radical (unpaired) electrons. The minimum Gasteiger partial charge on any atom is -0.330 e. The summed E-state index contributed by atoms with van der Waals surface area (Å²) in [6, 6.07) is 4.02. The van der Waals surface area contributed by atoms with Crippen LogP contribution in [-0.2, 0) is 15.1 Å². The molecule has 1 unspecified atom stereocenters. The van der Waals surface area contributed by atoms with Gasteiger partial charge in [0.2, 0.25) is 11.4 Å². The smallest absolute Gasteiger partial charge is 0.330 e. The lowest BCUT2D eigenvalue weighted by Crippen LogP contribution is -2.63. The van der Waals surface area contributed by atoms with Crippen molar-refractivity contribution in [2.45, 2.75) is 32.5 Å². The highest BCUT2D eigenvalue weighted by Crippen LogP contribution is 2.45. The Kier molecular flexibility index (Phi) is 4.64. The fourth-order valence-corrected chi connectivity index (χ4v) is 2.97. The van der Waals surface area contributed by atoms with E-state index in [-0.39, 0.29) is 5.69 Å². The Labute approximate surface area is 165 Å². The van der Waals surface area contributed by atoms with Gasteiger partial charge in [0.1, 0.15) is 17.2 Å². The first-order valence-electron chi connectivity index (χ1n) is 8.56. The summed E-state index contributed by atoms with van der Waals surface area (Å²) in [7, 11) is 0. The molecule has 0 spiro atoms. The summed E-state index contributed by atoms with van der Waals surface area (Å²) in [5.74, 6) is -4.36. The molecule has 2 aromatic rings. The van der Waals surface area contributed by atoms with Crippen LogP contribution < -0.4 is 21.9 Å². The van der Waals surface area contributed by atoms with Crippen molar-refractivity contribution in [2.24, 2.45) is 5.41 Å². The lowest BCUT2D eigenvalue weighted by molar-refractivity contribution is -0.201. The molecular weight excluding hydrogens is 412 g/mol. The number of nitrogens with one attached hydrogen (secondary N) is 3. The topological polar surface area (TPSA) is 113 Å². The van der Waals surface area contributed by atoms with Crippen LogP contribution in [0.1, 0.15) is 26.3 Å². The van der Waals surface area contributed by atoms with Crippen molar-refractivity contribution < 1.29 is 27.2 Å².